The van der Waals surface area contributed by atoms with Crippen molar-refractivity contribution in [2.24, 2.45) is 5.92 Å². The summed E-state index contributed by atoms with van der Waals surface area (Å²) >= 11 is 0. The second kappa shape index (κ2) is 5.77. The third-order valence-corrected chi connectivity index (χ3v) is 2.75. The van der Waals surface area contributed by atoms with Crippen LogP contribution in [0.2, 0.25) is 0 Å². The zero-order valence-corrected chi connectivity index (χ0v) is 10.3. The highest BCUT2D eigenvalue weighted by atomic mass is 19.1. The molecule has 0 unspecified atom stereocenters. The van der Waals surface area contributed by atoms with Gasteiger partial charge in [-0.3, -0.25) is 4.79 Å². The van der Waals surface area contributed by atoms with Crippen molar-refractivity contribution in [1.29, 1.82) is 0 Å². The van der Waals surface area contributed by atoms with Crippen molar-refractivity contribution in [3.05, 3.63) is 35.1 Å². The van der Waals surface area contributed by atoms with Crippen molar-refractivity contribution in [2.75, 3.05) is 6.61 Å². The summed E-state index contributed by atoms with van der Waals surface area (Å²) in [6.45, 7) is 5.41. The highest BCUT2D eigenvalue weighted by Crippen LogP contribution is 2.11. The Hall–Kier alpha value is -1.42. The maximum Gasteiger partial charge on any atom is 0.251 e. The molecule has 17 heavy (non-hydrogen) atoms. The van der Waals surface area contributed by atoms with Gasteiger partial charge in [-0.1, -0.05) is 13.8 Å². The van der Waals surface area contributed by atoms with E-state index in [-0.39, 0.29) is 30.3 Å². The molecule has 0 aromatic heterocycles. The highest BCUT2D eigenvalue weighted by molar-refractivity contribution is 5.95. The molecule has 0 aliphatic heterocycles. The molecule has 94 valence electrons. The van der Waals surface area contributed by atoms with E-state index in [1.807, 2.05) is 13.8 Å². The molecule has 0 saturated carbocycles. The number of amides is 1. The van der Waals surface area contributed by atoms with Crippen molar-refractivity contribution in [3.8, 4) is 0 Å². The lowest BCUT2D eigenvalue weighted by atomic mass is 10.0. The second-order valence-corrected chi connectivity index (χ2v) is 4.47. The zero-order valence-electron chi connectivity index (χ0n) is 10.3. The molecule has 2 N–H and O–H groups in total. The molecular formula is C13H18FNO2. The van der Waals surface area contributed by atoms with Crippen LogP contribution in [0.5, 0.6) is 0 Å². The molecule has 1 rings (SSSR count). The van der Waals surface area contributed by atoms with Crippen LogP contribution in [0.25, 0.3) is 0 Å². The number of halogens is 1. The van der Waals surface area contributed by atoms with Gasteiger partial charge in [0.05, 0.1) is 12.6 Å². The van der Waals surface area contributed by atoms with E-state index in [1.54, 1.807) is 6.92 Å². The Kier molecular flexibility index (Phi) is 4.63. The Morgan fingerprint density at radius 2 is 2.12 bits per heavy atom. The molecule has 1 atom stereocenters. The molecule has 1 amide bonds. The van der Waals surface area contributed by atoms with E-state index in [4.69, 9.17) is 5.11 Å². The maximum absolute atomic E-state index is 12.9. The topological polar surface area (TPSA) is 49.3 Å². The number of benzene rings is 1. The van der Waals surface area contributed by atoms with Gasteiger partial charge in [-0.2, -0.15) is 0 Å². The third-order valence-electron chi connectivity index (χ3n) is 2.75. The molecule has 0 aliphatic carbocycles. The van der Waals surface area contributed by atoms with Gasteiger partial charge in [0.15, 0.2) is 0 Å². The summed E-state index contributed by atoms with van der Waals surface area (Å²) in [7, 11) is 0. The Morgan fingerprint density at radius 3 is 2.59 bits per heavy atom. The number of aliphatic hydroxyl groups is 1. The van der Waals surface area contributed by atoms with E-state index < -0.39 is 0 Å². The summed E-state index contributed by atoms with van der Waals surface area (Å²) in [6.07, 6.45) is 0. The predicted molar refractivity (Wildman–Crippen MR) is 64.3 cm³/mol. The highest BCUT2D eigenvalue weighted by Gasteiger charge is 2.17. The number of carbonyl (C=O) groups is 1. The molecule has 0 aliphatic rings. The second-order valence-electron chi connectivity index (χ2n) is 4.47. The molecule has 0 radical (unpaired) electrons. The molecule has 1 aromatic carbocycles. The fourth-order valence-electron chi connectivity index (χ4n) is 1.55. The van der Waals surface area contributed by atoms with Crippen molar-refractivity contribution in [3.63, 3.8) is 0 Å². The number of rotatable bonds is 4. The van der Waals surface area contributed by atoms with Gasteiger partial charge >= 0.3 is 0 Å². The molecule has 0 saturated heterocycles. The average Bonchev–Trinajstić information content (AvgIpc) is 2.24. The summed E-state index contributed by atoms with van der Waals surface area (Å²) in [5, 5.41) is 11.9. The van der Waals surface area contributed by atoms with Crippen LogP contribution in [0.1, 0.15) is 29.8 Å². The van der Waals surface area contributed by atoms with Gasteiger partial charge in [-0.15, -0.1) is 0 Å². The van der Waals surface area contributed by atoms with E-state index in [2.05, 4.69) is 5.32 Å². The summed E-state index contributed by atoms with van der Waals surface area (Å²) < 4.78 is 12.9. The number of hydrogen-bond donors (Lipinski definition) is 2. The SMILES string of the molecule is Cc1cc(F)ccc1C(=O)N[C@H](CO)C(C)C. The minimum absolute atomic E-state index is 0.107. The summed E-state index contributed by atoms with van der Waals surface area (Å²) in [5.74, 6) is -0.499. The van der Waals surface area contributed by atoms with E-state index >= 15 is 0 Å². The average molecular weight is 239 g/mol. The van der Waals surface area contributed by atoms with Crippen LogP contribution in [-0.2, 0) is 0 Å². The van der Waals surface area contributed by atoms with Gasteiger partial charge < -0.3 is 10.4 Å². The molecule has 1 aromatic rings. The van der Waals surface area contributed by atoms with Crippen LogP contribution >= 0.6 is 0 Å². The van der Waals surface area contributed by atoms with Gasteiger partial charge in [0.1, 0.15) is 5.82 Å². The summed E-state index contributed by atoms with van der Waals surface area (Å²) in [4.78, 5) is 11.9. The van der Waals surface area contributed by atoms with Gasteiger partial charge in [-0.05, 0) is 36.6 Å². The van der Waals surface area contributed by atoms with Gasteiger partial charge in [0.25, 0.3) is 5.91 Å². The van der Waals surface area contributed by atoms with Crippen LogP contribution in [0.3, 0.4) is 0 Å². The molecular weight excluding hydrogens is 221 g/mol. The first-order chi connectivity index (χ1) is 7.95. The van der Waals surface area contributed by atoms with Gasteiger partial charge in [0, 0.05) is 5.56 Å². The van der Waals surface area contributed by atoms with Crippen molar-refractivity contribution in [1.82, 2.24) is 5.32 Å². The molecule has 0 fully saturated rings. The minimum Gasteiger partial charge on any atom is -0.394 e. The van der Waals surface area contributed by atoms with E-state index in [1.165, 1.54) is 18.2 Å². The minimum atomic E-state index is -0.360. The first kappa shape index (κ1) is 13.6. The number of carbonyl (C=O) groups excluding carboxylic acids is 1. The fraction of sp³-hybridized carbons (Fsp3) is 0.462. The lowest BCUT2D eigenvalue weighted by Gasteiger charge is -2.20. The first-order valence-electron chi connectivity index (χ1n) is 5.63. The Balaban J connectivity index is 2.82. The quantitative estimate of drug-likeness (QED) is 0.842. The first-order valence-corrected chi connectivity index (χ1v) is 5.63. The fourth-order valence-corrected chi connectivity index (χ4v) is 1.55. The normalized spacial score (nSPS) is 12.6. The van der Waals surface area contributed by atoms with Crippen LogP contribution in [0.4, 0.5) is 4.39 Å². The van der Waals surface area contributed by atoms with Crippen LogP contribution in [0.15, 0.2) is 18.2 Å². The van der Waals surface area contributed by atoms with Crippen molar-refractivity contribution >= 4 is 5.91 Å². The lowest BCUT2D eigenvalue weighted by Crippen LogP contribution is -2.41. The Bertz CT molecular complexity index is 404. The zero-order chi connectivity index (χ0) is 13.0. The van der Waals surface area contributed by atoms with E-state index in [0.29, 0.717) is 11.1 Å². The number of aryl methyl sites for hydroxylation is 1. The lowest BCUT2D eigenvalue weighted by molar-refractivity contribution is 0.0896. The van der Waals surface area contributed by atoms with Gasteiger partial charge in [0.2, 0.25) is 0 Å². The van der Waals surface area contributed by atoms with E-state index in [9.17, 15) is 9.18 Å². The van der Waals surface area contributed by atoms with Crippen molar-refractivity contribution in [2.45, 2.75) is 26.8 Å². The van der Waals surface area contributed by atoms with Crippen molar-refractivity contribution < 1.29 is 14.3 Å². The number of aliphatic hydroxyl groups excluding tert-OH is 1. The molecule has 3 nitrogen and oxygen atoms in total. The molecule has 0 heterocycles. The molecule has 0 spiro atoms. The number of hydrogen-bond acceptors (Lipinski definition) is 2. The van der Waals surface area contributed by atoms with Crippen LogP contribution in [0, 0.1) is 18.7 Å². The Labute approximate surface area is 101 Å². The van der Waals surface area contributed by atoms with Crippen LogP contribution in [-0.4, -0.2) is 23.7 Å². The Morgan fingerprint density at radius 1 is 1.47 bits per heavy atom. The summed E-state index contributed by atoms with van der Waals surface area (Å²) in [5.41, 5.74) is 1.02. The third kappa shape index (κ3) is 3.53. The van der Waals surface area contributed by atoms with E-state index in [0.717, 1.165) is 0 Å². The largest absolute Gasteiger partial charge is 0.394 e. The smallest absolute Gasteiger partial charge is 0.251 e. The molecule has 0 bridgehead atoms. The maximum atomic E-state index is 12.9. The standard InChI is InChI=1S/C13H18FNO2/c1-8(2)12(7-16)15-13(17)11-5-4-10(14)6-9(11)3/h4-6,8,12,16H,7H2,1-3H3,(H,15,17)/t12-/m1/s1. The predicted octanol–water partition coefficient (Wildman–Crippen LogP) is 1.88. The molecule has 4 heteroatoms. The number of nitrogens with one attached hydrogen (secondary N) is 1. The summed E-state index contributed by atoms with van der Waals surface area (Å²) in [6, 6.07) is 3.74. The monoisotopic (exact) mass is 239 g/mol. The van der Waals surface area contributed by atoms with Crippen LogP contribution < -0.4 is 5.32 Å². The van der Waals surface area contributed by atoms with Gasteiger partial charge in [-0.25, -0.2) is 4.39 Å².